The molecule has 0 aromatic heterocycles. The van der Waals surface area contributed by atoms with Crippen LogP contribution in [-0.2, 0) is 0 Å². The molecule has 1 nitrogen and oxygen atoms in total. The monoisotopic (exact) mass is 165 g/mol. The molecule has 2 heteroatoms. The summed E-state index contributed by atoms with van der Waals surface area (Å²) in [4.78, 5) is 2.50. The number of hydrogen-bond acceptors (Lipinski definition) is 1. The largest absolute Gasteiger partial charge is 0.348 e. The lowest BCUT2D eigenvalue weighted by Gasteiger charge is -2.47. The zero-order chi connectivity index (χ0) is 8.77. The highest BCUT2D eigenvalue weighted by molar-refractivity contribution is 6.04. The van der Waals surface area contributed by atoms with Gasteiger partial charge in [0.25, 0.3) is 0 Å². The Morgan fingerprint density at radius 3 is 2.50 bits per heavy atom. The van der Waals surface area contributed by atoms with Crippen LogP contribution in [0.3, 0.4) is 0 Å². The van der Waals surface area contributed by atoms with E-state index in [9.17, 15) is 0 Å². The summed E-state index contributed by atoms with van der Waals surface area (Å²) in [6.45, 7) is 7.45. The van der Waals surface area contributed by atoms with Gasteiger partial charge in [-0.15, -0.1) is 0 Å². The van der Waals surface area contributed by atoms with Crippen molar-refractivity contribution in [3.05, 3.63) is 0 Å². The second-order valence-corrected chi connectivity index (χ2v) is 5.40. The molecule has 0 atom stereocenters. The van der Waals surface area contributed by atoms with E-state index < -0.39 is 0 Å². The van der Waals surface area contributed by atoms with E-state index in [0.717, 1.165) is 17.3 Å². The molecule has 2 aliphatic rings. The SMILES string of the molecule is BN1CCC2(CC(C(C)C)C2)C1. The highest BCUT2D eigenvalue weighted by Gasteiger charge is 2.47. The van der Waals surface area contributed by atoms with Crippen molar-refractivity contribution in [3.8, 4) is 0 Å². The van der Waals surface area contributed by atoms with Crippen molar-refractivity contribution in [1.82, 2.24) is 4.81 Å². The molecule has 1 spiro atoms. The minimum atomic E-state index is 0.768. The molecule has 2 fully saturated rings. The maximum atomic E-state index is 2.50. The summed E-state index contributed by atoms with van der Waals surface area (Å²) in [6.07, 6.45) is 4.48. The highest BCUT2D eigenvalue weighted by atomic mass is 15.1. The molecule has 12 heavy (non-hydrogen) atoms. The first-order valence-electron chi connectivity index (χ1n) is 5.30. The van der Waals surface area contributed by atoms with Crippen molar-refractivity contribution in [2.24, 2.45) is 17.3 Å². The fourth-order valence-corrected chi connectivity index (χ4v) is 3.02. The third-order valence-corrected chi connectivity index (χ3v) is 3.96. The van der Waals surface area contributed by atoms with E-state index in [2.05, 4.69) is 26.6 Å². The Morgan fingerprint density at radius 1 is 1.42 bits per heavy atom. The Balaban J connectivity index is 1.87. The van der Waals surface area contributed by atoms with Crippen molar-refractivity contribution >= 4 is 7.98 Å². The van der Waals surface area contributed by atoms with E-state index in [1.54, 1.807) is 0 Å². The van der Waals surface area contributed by atoms with Crippen LogP contribution in [0.15, 0.2) is 0 Å². The van der Waals surface area contributed by atoms with Gasteiger partial charge < -0.3 is 4.81 Å². The Hall–Kier alpha value is 0.0249. The molecule has 1 aliphatic carbocycles. The number of rotatable bonds is 1. The van der Waals surface area contributed by atoms with E-state index in [0.29, 0.717) is 0 Å². The first-order valence-corrected chi connectivity index (χ1v) is 5.30. The van der Waals surface area contributed by atoms with E-state index >= 15 is 0 Å². The van der Waals surface area contributed by atoms with E-state index in [1.807, 2.05) is 0 Å². The molecule has 1 aliphatic heterocycles. The van der Waals surface area contributed by atoms with Crippen molar-refractivity contribution in [3.63, 3.8) is 0 Å². The normalized spacial score (nSPS) is 42.4. The van der Waals surface area contributed by atoms with Crippen molar-refractivity contribution in [2.45, 2.75) is 33.1 Å². The lowest BCUT2D eigenvalue weighted by molar-refractivity contribution is 0.0400. The van der Waals surface area contributed by atoms with Gasteiger partial charge in [-0.1, -0.05) is 13.8 Å². The Labute approximate surface area is 76.9 Å². The first kappa shape index (κ1) is 8.62. The molecule has 0 aromatic rings. The van der Waals surface area contributed by atoms with E-state index in [1.165, 1.54) is 32.4 Å². The summed E-state index contributed by atoms with van der Waals surface area (Å²) in [5.74, 6) is 1.96. The summed E-state index contributed by atoms with van der Waals surface area (Å²) in [7, 11) is 2.26. The summed E-state index contributed by atoms with van der Waals surface area (Å²) in [5, 5.41) is 0. The fraction of sp³-hybridized carbons (Fsp3) is 1.00. The van der Waals surface area contributed by atoms with Crippen LogP contribution in [0.4, 0.5) is 0 Å². The Bertz CT molecular complexity index is 173. The van der Waals surface area contributed by atoms with Gasteiger partial charge >= 0.3 is 0 Å². The van der Waals surface area contributed by atoms with Crippen molar-refractivity contribution in [1.29, 1.82) is 0 Å². The lowest BCUT2D eigenvalue weighted by Crippen LogP contribution is -2.41. The first-order chi connectivity index (χ1) is 5.61. The molecule has 0 radical (unpaired) electrons. The lowest BCUT2D eigenvalue weighted by atomic mass is 9.58. The standard InChI is InChI=1S/C10H20BN/c1-8(2)9-5-10(6-9)3-4-12(11)7-10/h8-9H,3-7,11H2,1-2H3. The molecule has 2 rings (SSSR count). The van der Waals surface area contributed by atoms with Gasteiger partial charge in [0.15, 0.2) is 7.98 Å². The van der Waals surface area contributed by atoms with Crippen LogP contribution in [0, 0.1) is 17.3 Å². The molecule has 1 saturated heterocycles. The Kier molecular flexibility index (Phi) is 1.98. The van der Waals surface area contributed by atoms with Crippen LogP contribution in [0.25, 0.3) is 0 Å². The summed E-state index contributed by atoms with van der Waals surface area (Å²) < 4.78 is 0. The molecule has 0 aromatic carbocycles. The fourth-order valence-electron chi connectivity index (χ4n) is 3.02. The van der Waals surface area contributed by atoms with Gasteiger partial charge in [0.1, 0.15) is 0 Å². The molecule has 0 amide bonds. The molecule has 1 heterocycles. The molecule has 0 unspecified atom stereocenters. The quantitative estimate of drug-likeness (QED) is 0.529. The molecular weight excluding hydrogens is 145 g/mol. The summed E-state index contributed by atoms with van der Waals surface area (Å²) >= 11 is 0. The molecule has 68 valence electrons. The van der Waals surface area contributed by atoms with Crippen LogP contribution < -0.4 is 0 Å². The number of nitrogens with zero attached hydrogens (tertiary/aromatic N) is 1. The predicted octanol–water partition coefficient (Wildman–Crippen LogP) is 1.29. The minimum Gasteiger partial charge on any atom is -0.348 e. The van der Waals surface area contributed by atoms with Crippen LogP contribution in [0.5, 0.6) is 0 Å². The van der Waals surface area contributed by atoms with Gasteiger partial charge in [-0.2, -0.15) is 0 Å². The van der Waals surface area contributed by atoms with Crippen LogP contribution >= 0.6 is 0 Å². The van der Waals surface area contributed by atoms with Crippen LogP contribution in [0.1, 0.15) is 33.1 Å². The van der Waals surface area contributed by atoms with Gasteiger partial charge in [-0.25, -0.2) is 0 Å². The van der Waals surface area contributed by atoms with Crippen LogP contribution in [0.2, 0.25) is 0 Å². The minimum absolute atomic E-state index is 0.768. The molecule has 0 bridgehead atoms. The third kappa shape index (κ3) is 1.30. The maximum absolute atomic E-state index is 2.50. The van der Waals surface area contributed by atoms with Crippen molar-refractivity contribution in [2.75, 3.05) is 13.1 Å². The number of hydrogen-bond donors (Lipinski definition) is 0. The van der Waals surface area contributed by atoms with Gasteiger partial charge in [0.05, 0.1) is 0 Å². The molecule has 0 N–H and O–H groups in total. The maximum Gasteiger partial charge on any atom is 0.185 e. The second-order valence-electron chi connectivity index (χ2n) is 5.40. The van der Waals surface area contributed by atoms with Gasteiger partial charge in [-0.05, 0) is 49.6 Å². The summed E-state index contributed by atoms with van der Waals surface area (Å²) in [6, 6.07) is 0. The van der Waals surface area contributed by atoms with Gasteiger partial charge in [0, 0.05) is 0 Å². The predicted molar refractivity (Wildman–Crippen MR) is 54.7 cm³/mol. The highest BCUT2D eigenvalue weighted by Crippen LogP contribution is 2.53. The topological polar surface area (TPSA) is 3.24 Å². The van der Waals surface area contributed by atoms with Crippen LogP contribution in [-0.4, -0.2) is 25.9 Å². The third-order valence-electron chi connectivity index (χ3n) is 3.96. The van der Waals surface area contributed by atoms with E-state index in [4.69, 9.17) is 0 Å². The molecule has 1 saturated carbocycles. The van der Waals surface area contributed by atoms with Gasteiger partial charge in [-0.3, -0.25) is 0 Å². The average Bonchev–Trinajstić information content (AvgIpc) is 2.27. The zero-order valence-electron chi connectivity index (χ0n) is 8.64. The van der Waals surface area contributed by atoms with E-state index in [-0.39, 0.29) is 0 Å². The Morgan fingerprint density at radius 2 is 2.08 bits per heavy atom. The zero-order valence-corrected chi connectivity index (χ0v) is 8.64. The van der Waals surface area contributed by atoms with Crippen molar-refractivity contribution < 1.29 is 0 Å². The molecular formula is C10H20BN. The summed E-state index contributed by atoms with van der Waals surface area (Å²) in [5.41, 5.74) is 0.768. The second kappa shape index (κ2) is 2.76. The average molecular weight is 165 g/mol. The van der Waals surface area contributed by atoms with Gasteiger partial charge in [0.2, 0.25) is 0 Å². The smallest absolute Gasteiger partial charge is 0.185 e.